The van der Waals surface area contributed by atoms with Crippen LogP contribution in [0, 0.1) is 11.3 Å². The highest BCUT2D eigenvalue weighted by Crippen LogP contribution is 2.44. The van der Waals surface area contributed by atoms with Crippen LogP contribution < -0.4 is 0 Å². The van der Waals surface area contributed by atoms with Gasteiger partial charge in [-0.2, -0.15) is 26.3 Å². The summed E-state index contributed by atoms with van der Waals surface area (Å²) in [4.78, 5) is 39.9. The SMILES string of the molecule is CCOC(=O)[C@]12CCCN(Cc3nccs3)C[C@H]1CN(CCOC)C2.O=C(O)C(F)(F)F.O=C(O)C(F)(F)F. The zero-order chi connectivity index (χ0) is 29.9. The van der Waals surface area contributed by atoms with Crippen molar-refractivity contribution < 1.29 is 60.4 Å². The summed E-state index contributed by atoms with van der Waals surface area (Å²) in [6.07, 6.45) is -6.37. The number of carbonyl (C=O) groups excluding carboxylic acids is 1. The summed E-state index contributed by atoms with van der Waals surface area (Å²) in [7, 11) is 1.73. The number of carboxylic acids is 2. The van der Waals surface area contributed by atoms with E-state index < -0.39 is 24.3 Å². The topological polar surface area (TPSA) is 130 Å². The second-order valence-electron chi connectivity index (χ2n) is 8.67. The number of likely N-dealkylation sites (tertiary alicyclic amines) is 2. The molecule has 0 spiro atoms. The van der Waals surface area contributed by atoms with E-state index in [1.165, 1.54) is 0 Å². The fourth-order valence-corrected chi connectivity index (χ4v) is 4.94. The summed E-state index contributed by atoms with van der Waals surface area (Å²) < 4.78 is 74.2. The van der Waals surface area contributed by atoms with Gasteiger partial charge in [0.1, 0.15) is 5.01 Å². The number of methoxy groups -OCH3 is 1. The Bertz CT molecular complexity index is 893. The molecule has 1 aromatic rings. The lowest BCUT2D eigenvalue weighted by Gasteiger charge is -2.31. The largest absolute Gasteiger partial charge is 0.490 e. The van der Waals surface area contributed by atoms with Crippen molar-refractivity contribution in [3.05, 3.63) is 16.6 Å². The maximum Gasteiger partial charge on any atom is 0.490 e. The van der Waals surface area contributed by atoms with Gasteiger partial charge in [-0.05, 0) is 26.3 Å². The third kappa shape index (κ3) is 11.3. The van der Waals surface area contributed by atoms with Crippen molar-refractivity contribution in [2.45, 2.75) is 38.7 Å². The first-order valence-electron chi connectivity index (χ1n) is 11.7. The van der Waals surface area contributed by atoms with Crippen molar-refractivity contribution in [2.75, 3.05) is 53.0 Å². The van der Waals surface area contributed by atoms with E-state index in [1.54, 1.807) is 18.4 Å². The molecule has 39 heavy (non-hydrogen) atoms. The number of fused-ring (bicyclic) bond motifs is 1. The average Bonchev–Trinajstić information content (AvgIpc) is 3.42. The minimum atomic E-state index is -5.08. The van der Waals surface area contributed by atoms with Crippen LogP contribution in [-0.4, -0.2) is 108 Å². The molecule has 0 radical (unpaired) electrons. The van der Waals surface area contributed by atoms with E-state index in [-0.39, 0.29) is 11.4 Å². The van der Waals surface area contributed by atoms with Crippen LogP contribution in [0.1, 0.15) is 24.8 Å². The van der Waals surface area contributed by atoms with Gasteiger partial charge >= 0.3 is 30.3 Å². The van der Waals surface area contributed by atoms with Crippen molar-refractivity contribution >= 4 is 29.2 Å². The second-order valence-corrected chi connectivity index (χ2v) is 9.65. The number of carbonyl (C=O) groups is 3. The van der Waals surface area contributed by atoms with Crippen molar-refractivity contribution in [1.29, 1.82) is 0 Å². The van der Waals surface area contributed by atoms with Crippen LogP contribution >= 0.6 is 11.3 Å². The predicted molar refractivity (Wildman–Crippen MR) is 125 cm³/mol. The molecule has 3 rings (SSSR count). The fraction of sp³-hybridized carbons (Fsp3) is 0.727. The zero-order valence-electron chi connectivity index (χ0n) is 21.3. The van der Waals surface area contributed by atoms with Gasteiger partial charge in [0.2, 0.25) is 0 Å². The van der Waals surface area contributed by atoms with Gasteiger partial charge in [0.15, 0.2) is 0 Å². The van der Waals surface area contributed by atoms with Crippen molar-refractivity contribution in [1.82, 2.24) is 14.8 Å². The van der Waals surface area contributed by atoms with E-state index in [1.807, 2.05) is 18.5 Å². The van der Waals surface area contributed by atoms with E-state index >= 15 is 0 Å². The summed E-state index contributed by atoms with van der Waals surface area (Å²) in [6.45, 7) is 8.50. The molecule has 10 nitrogen and oxygen atoms in total. The summed E-state index contributed by atoms with van der Waals surface area (Å²) in [6, 6.07) is 0. The van der Waals surface area contributed by atoms with Gasteiger partial charge in [0, 0.05) is 50.8 Å². The molecule has 224 valence electrons. The quantitative estimate of drug-likeness (QED) is 0.358. The molecule has 2 saturated heterocycles. The lowest BCUT2D eigenvalue weighted by molar-refractivity contribution is -0.193. The smallest absolute Gasteiger partial charge is 0.475 e. The molecule has 0 saturated carbocycles. The second kappa shape index (κ2) is 15.3. The molecule has 0 aromatic carbocycles. The molecular weight excluding hydrogens is 564 g/mol. The molecule has 0 bridgehead atoms. The molecule has 2 aliphatic heterocycles. The maximum atomic E-state index is 12.9. The molecule has 2 aliphatic rings. The summed E-state index contributed by atoms with van der Waals surface area (Å²) in [5.74, 6) is -5.21. The Morgan fingerprint density at radius 1 is 1.10 bits per heavy atom. The normalized spacial score (nSPS) is 21.9. The van der Waals surface area contributed by atoms with Gasteiger partial charge in [-0.25, -0.2) is 14.6 Å². The third-order valence-corrected chi connectivity index (χ3v) is 6.73. The Balaban J connectivity index is 0.000000449. The van der Waals surface area contributed by atoms with E-state index in [2.05, 4.69) is 14.8 Å². The van der Waals surface area contributed by atoms with Crippen LogP contribution in [0.2, 0.25) is 0 Å². The number of carboxylic acid groups (broad SMARTS) is 2. The predicted octanol–water partition coefficient (Wildman–Crippen LogP) is 3.13. The number of thiazole rings is 1. The van der Waals surface area contributed by atoms with Crippen molar-refractivity contribution in [3.8, 4) is 0 Å². The number of rotatable bonds is 7. The summed E-state index contributed by atoms with van der Waals surface area (Å²) >= 11 is 1.70. The number of ether oxygens (including phenoxy) is 2. The number of nitrogens with zero attached hydrogens (tertiary/aromatic N) is 3. The first-order valence-corrected chi connectivity index (χ1v) is 12.5. The lowest BCUT2D eigenvalue weighted by atomic mass is 9.75. The molecule has 0 aliphatic carbocycles. The van der Waals surface area contributed by atoms with Gasteiger partial charge in [-0.3, -0.25) is 14.6 Å². The monoisotopic (exact) mass is 595 g/mol. The first-order chi connectivity index (χ1) is 18.1. The Morgan fingerprint density at radius 3 is 2.13 bits per heavy atom. The van der Waals surface area contributed by atoms with E-state index in [9.17, 15) is 31.1 Å². The molecule has 17 heteroatoms. The van der Waals surface area contributed by atoms with Crippen molar-refractivity contribution in [3.63, 3.8) is 0 Å². The van der Waals surface area contributed by atoms with Crippen LogP contribution in [-0.2, 0) is 30.4 Å². The molecule has 2 fully saturated rings. The average molecular weight is 596 g/mol. The summed E-state index contributed by atoms with van der Waals surface area (Å²) in [5.41, 5.74) is -0.360. The number of alkyl halides is 6. The van der Waals surface area contributed by atoms with Gasteiger partial charge in [-0.1, -0.05) is 0 Å². The highest BCUT2D eigenvalue weighted by molar-refractivity contribution is 7.09. The molecule has 0 unspecified atom stereocenters. The highest BCUT2D eigenvalue weighted by Gasteiger charge is 2.53. The number of halogens is 6. The van der Waals surface area contributed by atoms with Gasteiger partial charge < -0.3 is 19.7 Å². The summed E-state index contributed by atoms with van der Waals surface area (Å²) in [5, 5.41) is 17.4. The standard InChI is InChI=1S/C18H29N3O3S.2C2HF3O2/c1-3-24-17(22)18-5-4-7-20(13-16-19-6-10-25-16)11-15(18)12-21(14-18)8-9-23-2;2*3-2(4,5)1(6)7/h6,10,15H,3-5,7-9,11-14H2,1-2H3;2*(H,6,7)/t15-,18-;;/m0../s1. The highest BCUT2D eigenvalue weighted by atomic mass is 32.1. The number of hydrogen-bond donors (Lipinski definition) is 2. The van der Waals surface area contributed by atoms with Crippen molar-refractivity contribution in [2.24, 2.45) is 11.3 Å². The Hall–Kier alpha value is -2.50. The number of hydrogen-bond acceptors (Lipinski definition) is 9. The molecular formula is C22H31F6N3O7S. The number of aliphatic carboxylic acids is 2. The van der Waals surface area contributed by atoms with Crippen LogP contribution in [0.4, 0.5) is 26.3 Å². The third-order valence-electron chi connectivity index (χ3n) is 5.96. The van der Waals surface area contributed by atoms with E-state index in [0.29, 0.717) is 19.1 Å². The van der Waals surface area contributed by atoms with Crippen LogP contribution in [0.5, 0.6) is 0 Å². The van der Waals surface area contributed by atoms with Crippen LogP contribution in [0.25, 0.3) is 0 Å². The lowest BCUT2D eigenvalue weighted by Crippen LogP contribution is -2.42. The minimum absolute atomic E-state index is 0.00369. The molecule has 3 heterocycles. The molecule has 1 aromatic heterocycles. The van der Waals surface area contributed by atoms with Gasteiger partial charge in [-0.15, -0.1) is 11.3 Å². The molecule has 2 N–H and O–H groups in total. The first kappa shape index (κ1) is 34.5. The zero-order valence-corrected chi connectivity index (χ0v) is 22.1. The minimum Gasteiger partial charge on any atom is -0.475 e. The Kier molecular flexibility index (Phi) is 13.6. The van der Waals surface area contributed by atoms with E-state index in [4.69, 9.17) is 29.3 Å². The Morgan fingerprint density at radius 2 is 1.67 bits per heavy atom. The number of esters is 1. The fourth-order valence-electron chi connectivity index (χ4n) is 4.28. The van der Waals surface area contributed by atoms with Gasteiger partial charge in [0.25, 0.3) is 0 Å². The van der Waals surface area contributed by atoms with Gasteiger partial charge in [0.05, 0.1) is 25.2 Å². The molecule has 0 amide bonds. The van der Waals surface area contributed by atoms with Crippen LogP contribution in [0.15, 0.2) is 11.6 Å². The maximum absolute atomic E-state index is 12.9. The van der Waals surface area contributed by atoms with Crippen LogP contribution in [0.3, 0.4) is 0 Å². The Labute approximate surface area is 224 Å². The number of aromatic nitrogens is 1. The molecule has 2 atom stereocenters. The van der Waals surface area contributed by atoms with E-state index in [0.717, 1.165) is 57.1 Å².